The first-order chi connectivity index (χ1) is 9.27. The van der Waals surface area contributed by atoms with Gasteiger partial charge in [-0.15, -0.1) is 11.3 Å². The Balaban J connectivity index is 1.86. The molecule has 0 spiro atoms. The van der Waals surface area contributed by atoms with Gasteiger partial charge in [0.05, 0.1) is 6.61 Å². The van der Waals surface area contributed by atoms with E-state index in [1.807, 2.05) is 0 Å². The van der Waals surface area contributed by atoms with E-state index in [2.05, 4.69) is 28.1 Å². The summed E-state index contributed by atoms with van der Waals surface area (Å²) < 4.78 is 4.91. The first kappa shape index (κ1) is 14.3. The van der Waals surface area contributed by atoms with Crippen molar-refractivity contribution < 1.29 is 9.53 Å². The van der Waals surface area contributed by atoms with E-state index in [0.29, 0.717) is 13.2 Å². The second kappa shape index (κ2) is 6.91. The van der Waals surface area contributed by atoms with Gasteiger partial charge in [0.2, 0.25) is 0 Å². The van der Waals surface area contributed by atoms with Gasteiger partial charge in [0, 0.05) is 30.5 Å². The monoisotopic (exact) mass is 282 g/mol. The van der Waals surface area contributed by atoms with Gasteiger partial charge in [0.1, 0.15) is 0 Å². The maximum absolute atomic E-state index is 11.7. The molecule has 1 saturated carbocycles. The molecule has 0 bridgehead atoms. The Morgan fingerprint density at radius 1 is 1.42 bits per heavy atom. The number of nitrogens with one attached hydrogen (secondary N) is 2. The molecule has 1 aromatic heterocycles. The van der Waals surface area contributed by atoms with Crippen molar-refractivity contribution in [2.45, 2.75) is 31.1 Å². The van der Waals surface area contributed by atoms with Gasteiger partial charge in [-0.05, 0) is 24.3 Å². The van der Waals surface area contributed by atoms with E-state index in [1.165, 1.54) is 30.6 Å². The topological polar surface area (TPSA) is 50.4 Å². The predicted molar refractivity (Wildman–Crippen MR) is 77.7 cm³/mol. The van der Waals surface area contributed by atoms with E-state index in [1.54, 1.807) is 18.4 Å². The highest BCUT2D eigenvalue weighted by Crippen LogP contribution is 2.42. The van der Waals surface area contributed by atoms with E-state index in [0.717, 1.165) is 6.54 Å². The molecule has 2 amide bonds. The molecular weight excluding hydrogens is 260 g/mol. The van der Waals surface area contributed by atoms with Crippen LogP contribution in [-0.2, 0) is 10.2 Å². The van der Waals surface area contributed by atoms with E-state index >= 15 is 0 Å². The normalized spacial score (nSPS) is 17.3. The van der Waals surface area contributed by atoms with Crippen LogP contribution in [0.5, 0.6) is 0 Å². The fourth-order valence-electron chi connectivity index (χ4n) is 2.72. The number of methoxy groups -OCH3 is 1. The van der Waals surface area contributed by atoms with Gasteiger partial charge in [-0.1, -0.05) is 18.9 Å². The first-order valence-electron chi connectivity index (χ1n) is 6.81. The van der Waals surface area contributed by atoms with E-state index in [9.17, 15) is 4.79 Å². The minimum atomic E-state index is -0.0973. The minimum absolute atomic E-state index is 0.0973. The molecular formula is C14H22N2O2S. The summed E-state index contributed by atoms with van der Waals surface area (Å²) in [5, 5.41) is 7.93. The lowest BCUT2D eigenvalue weighted by Gasteiger charge is -2.28. The number of thiophene rings is 1. The van der Waals surface area contributed by atoms with Gasteiger partial charge in [-0.3, -0.25) is 0 Å². The molecule has 19 heavy (non-hydrogen) atoms. The zero-order valence-corrected chi connectivity index (χ0v) is 12.2. The second-order valence-corrected chi connectivity index (χ2v) is 6.01. The predicted octanol–water partition coefficient (Wildman–Crippen LogP) is 2.51. The summed E-state index contributed by atoms with van der Waals surface area (Å²) in [5.74, 6) is 0. The quantitative estimate of drug-likeness (QED) is 0.788. The van der Waals surface area contributed by atoms with Gasteiger partial charge in [0.25, 0.3) is 0 Å². The average molecular weight is 282 g/mol. The smallest absolute Gasteiger partial charge is 0.314 e. The lowest BCUT2D eigenvalue weighted by molar-refractivity contribution is 0.195. The minimum Gasteiger partial charge on any atom is -0.383 e. The van der Waals surface area contributed by atoms with Gasteiger partial charge in [-0.25, -0.2) is 4.79 Å². The van der Waals surface area contributed by atoms with Gasteiger partial charge in [-0.2, -0.15) is 0 Å². The van der Waals surface area contributed by atoms with Crippen molar-refractivity contribution in [3.63, 3.8) is 0 Å². The van der Waals surface area contributed by atoms with Crippen molar-refractivity contribution >= 4 is 17.4 Å². The molecule has 0 atom stereocenters. The third kappa shape index (κ3) is 3.70. The maximum Gasteiger partial charge on any atom is 0.314 e. The molecule has 4 nitrogen and oxygen atoms in total. The van der Waals surface area contributed by atoms with Crippen LogP contribution in [0.4, 0.5) is 4.79 Å². The van der Waals surface area contributed by atoms with E-state index in [4.69, 9.17) is 4.74 Å². The molecule has 2 rings (SSSR count). The summed E-state index contributed by atoms with van der Waals surface area (Å²) in [6.45, 7) is 1.82. The Morgan fingerprint density at radius 3 is 2.84 bits per heavy atom. The maximum atomic E-state index is 11.7. The molecule has 0 aliphatic heterocycles. The Hall–Kier alpha value is -1.07. The third-order valence-electron chi connectivity index (χ3n) is 3.78. The molecule has 2 N–H and O–H groups in total. The largest absolute Gasteiger partial charge is 0.383 e. The van der Waals surface area contributed by atoms with Crippen molar-refractivity contribution in [3.8, 4) is 0 Å². The molecule has 0 radical (unpaired) electrons. The zero-order chi connectivity index (χ0) is 13.6. The molecule has 0 aromatic carbocycles. The lowest BCUT2D eigenvalue weighted by atomic mass is 9.84. The van der Waals surface area contributed by atoms with Crippen LogP contribution in [0.3, 0.4) is 0 Å². The van der Waals surface area contributed by atoms with Crippen LogP contribution in [-0.4, -0.2) is 32.8 Å². The highest BCUT2D eigenvalue weighted by Gasteiger charge is 2.36. The summed E-state index contributed by atoms with van der Waals surface area (Å²) in [6.07, 6.45) is 4.85. The molecule has 1 heterocycles. The molecule has 0 saturated heterocycles. The van der Waals surface area contributed by atoms with Crippen LogP contribution in [0.25, 0.3) is 0 Å². The Labute approximate surface area is 118 Å². The van der Waals surface area contributed by atoms with Crippen molar-refractivity contribution in [1.82, 2.24) is 10.6 Å². The molecule has 1 aliphatic carbocycles. The molecule has 1 aromatic rings. The summed E-state index contributed by atoms with van der Waals surface area (Å²) in [4.78, 5) is 13.1. The Morgan fingerprint density at radius 2 is 2.21 bits per heavy atom. The van der Waals surface area contributed by atoms with Gasteiger partial charge < -0.3 is 15.4 Å². The van der Waals surface area contributed by atoms with Crippen LogP contribution >= 0.6 is 11.3 Å². The number of hydrogen-bond acceptors (Lipinski definition) is 3. The fraction of sp³-hybridized carbons (Fsp3) is 0.643. The highest BCUT2D eigenvalue weighted by molar-refractivity contribution is 7.10. The van der Waals surface area contributed by atoms with Crippen molar-refractivity contribution in [2.24, 2.45) is 0 Å². The van der Waals surface area contributed by atoms with Crippen molar-refractivity contribution in [3.05, 3.63) is 22.4 Å². The van der Waals surface area contributed by atoms with Crippen LogP contribution in [0.1, 0.15) is 30.6 Å². The summed E-state index contributed by atoms with van der Waals surface area (Å²) >= 11 is 1.80. The number of carbonyl (C=O) groups excluding carboxylic acids is 1. The molecule has 0 unspecified atom stereocenters. The van der Waals surface area contributed by atoms with Crippen LogP contribution < -0.4 is 10.6 Å². The SMILES string of the molecule is COCCNC(=O)NCC1(c2cccs2)CCCC1. The van der Waals surface area contributed by atoms with Crippen LogP contribution in [0.2, 0.25) is 0 Å². The standard InChI is InChI=1S/C14H22N2O2S/c1-18-9-8-15-13(17)16-11-14(6-2-3-7-14)12-5-4-10-19-12/h4-5,10H,2-3,6-9,11H2,1H3,(H2,15,16,17). The first-order valence-corrected chi connectivity index (χ1v) is 7.69. The van der Waals surface area contributed by atoms with Crippen LogP contribution in [0, 0.1) is 0 Å². The molecule has 106 valence electrons. The van der Waals surface area contributed by atoms with Gasteiger partial charge >= 0.3 is 6.03 Å². The number of rotatable bonds is 6. The summed E-state index contributed by atoms with van der Waals surface area (Å²) in [6, 6.07) is 4.19. The number of ether oxygens (including phenoxy) is 1. The number of hydrogen-bond donors (Lipinski definition) is 2. The number of urea groups is 1. The Kier molecular flexibility index (Phi) is 5.22. The van der Waals surface area contributed by atoms with Gasteiger partial charge in [0.15, 0.2) is 0 Å². The zero-order valence-electron chi connectivity index (χ0n) is 11.4. The molecule has 5 heteroatoms. The number of amides is 2. The third-order valence-corrected chi connectivity index (χ3v) is 4.90. The van der Waals surface area contributed by atoms with Crippen LogP contribution in [0.15, 0.2) is 17.5 Å². The van der Waals surface area contributed by atoms with E-state index in [-0.39, 0.29) is 11.4 Å². The Bertz CT molecular complexity index is 386. The molecule has 1 fully saturated rings. The lowest BCUT2D eigenvalue weighted by Crippen LogP contribution is -2.44. The number of carbonyl (C=O) groups is 1. The molecule has 1 aliphatic rings. The fourth-order valence-corrected chi connectivity index (χ4v) is 3.71. The summed E-state index contributed by atoms with van der Waals surface area (Å²) in [5.41, 5.74) is 0.159. The average Bonchev–Trinajstić information content (AvgIpc) is 3.08. The van der Waals surface area contributed by atoms with E-state index < -0.39 is 0 Å². The highest BCUT2D eigenvalue weighted by atomic mass is 32.1. The second-order valence-electron chi connectivity index (χ2n) is 5.07. The van der Waals surface area contributed by atoms with Crippen molar-refractivity contribution in [2.75, 3.05) is 26.8 Å². The summed E-state index contributed by atoms with van der Waals surface area (Å²) in [7, 11) is 1.63. The van der Waals surface area contributed by atoms with Crippen molar-refractivity contribution in [1.29, 1.82) is 0 Å².